The molecule has 2 N–H and O–H groups in total. The number of nitrogens with zero attached hydrogens (tertiary/aromatic N) is 3. The highest BCUT2D eigenvalue weighted by Crippen LogP contribution is 2.39. The molecule has 6 rings (SSSR count). The van der Waals surface area contributed by atoms with Crippen molar-refractivity contribution in [2.45, 2.75) is 57.9 Å². The number of aliphatic carboxylic acids is 1. The van der Waals surface area contributed by atoms with Gasteiger partial charge in [-0.1, -0.05) is 62.4 Å². The van der Waals surface area contributed by atoms with Crippen molar-refractivity contribution in [1.82, 2.24) is 20.2 Å². The van der Waals surface area contributed by atoms with Crippen molar-refractivity contribution in [2.75, 3.05) is 19.7 Å². The lowest BCUT2D eigenvalue weighted by Gasteiger charge is -2.39. The van der Waals surface area contributed by atoms with Gasteiger partial charge in [0.25, 0.3) is 5.91 Å². The molecule has 9 nitrogen and oxygen atoms in total. The Hall–Kier alpha value is -5.05. The van der Waals surface area contributed by atoms with Crippen molar-refractivity contribution >= 4 is 17.8 Å². The number of carboxylic acid groups (broad SMARTS) is 1. The molecule has 1 atom stereocenters. The Morgan fingerprint density at radius 3 is 2.12 bits per heavy atom. The van der Waals surface area contributed by atoms with E-state index in [4.69, 9.17) is 4.74 Å². The first kappa shape index (κ1) is 32.9. The molecule has 0 bridgehead atoms. The predicted molar refractivity (Wildman–Crippen MR) is 184 cm³/mol. The largest absolute Gasteiger partial charge is 0.494 e. The molecule has 1 saturated heterocycles. The summed E-state index contributed by atoms with van der Waals surface area (Å²) in [5.74, 6) is 0.556. The van der Waals surface area contributed by atoms with Crippen LogP contribution in [0.15, 0.2) is 85.2 Å². The molecule has 2 amide bonds. The van der Waals surface area contributed by atoms with E-state index in [0.29, 0.717) is 29.8 Å². The fourth-order valence-electron chi connectivity index (χ4n) is 5.88. The summed E-state index contributed by atoms with van der Waals surface area (Å²) in [4.78, 5) is 48.7. The molecule has 4 aromatic rings. The average Bonchev–Trinajstić information content (AvgIpc) is 3.92. The molecule has 1 aliphatic carbocycles. The first-order valence-corrected chi connectivity index (χ1v) is 16.8. The SMILES string of the molecule is CC(C)CCCOc1ccc(-c2cnc(-c3ccc(C[C@H](NC(=O)c4ccc(C5CC5)cc4)C(=O)N4CC(C(=O)O)C4)cc3)nc2)cc1. The topological polar surface area (TPSA) is 122 Å². The number of amides is 2. The minimum Gasteiger partial charge on any atom is -0.494 e. The van der Waals surface area contributed by atoms with E-state index in [9.17, 15) is 19.5 Å². The van der Waals surface area contributed by atoms with E-state index < -0.39 is 17.9 Å². The maximum Gasteiger partial charge on any atom is 0.310 e. The van der Waals surface area contributed by atoms with Crippen molar-refractivity contribution < 1.29 is 24.2 Å². The number of aromatic nitrogens is 2. The summed E-state index contributed by atoms with van der Waals surface area (Å²) in [6, 6.07) is 22.3. The molecular weight excluding hydrogens is 604 g/mol. The third-order valence-electron chi connectivity index (χ3n) is 9.05. The Labute approximate surface area is 281 Å². The Balaban J connectivity index is 1.09. The highest BCUT2D eigenvalue weighted by molar-refractivity contribution is 5.98. The summed E-state index contributed by atoms with van der Waals surface area (Å²) in [5.41, 5.74) is 5.29. The number of nitrogens with one attached hydrogen (secondary N) is 1. The maximum absolute atomic E-state index is 13.4. The molecule has 248 valence electrons. The molecule has 1 aromatic heterocycles. The third kappa shape index (κ3) is 8.26. The smallest absolute Gasteiger partial charge is 0.310 e. The number of carbonyl (C=O) groups is 3. The maximum atomic E-state index is 13.4. The molecule has 48 heavy (non-hydrogen) atoms. The number of ether oxygens (including phenoxy) is 1. The van der Waals surface area contributed by atoms with Crippen LogP contribution in [-0.4, -0.2) is 63.5 Å². The van der Waals surface area contributed by atoms with Gasteiger partial charge in [-0.2, -0.15) is 0 Å². The van der Waals surface area contributed by atoms with Crippen LogP contribution in [0.25, 0.3) is 22.5 Å². The van der Waals surface area contributed by atoms with Gasteiger partial charge in [0.05, 0.1) is 12.5 Å². The van der Waals surface area contributed by atoms with Gasteiger partial charge in [0.2, 0.25) is 5.91 Å². The summed E-state index contributed by atoms with van der Waals surface area (Å²) in [6.45, 7) is 5.41. The molecular formula is C39H42N4O5. The van der Waals surface area contributed by atoms with Gasteiger partial charge in [0.1, 0.15) is 11.8 Å². The van der Waals surface area contributed by atoms with Crippen molar-refractivity contribution in [2.24, 2.45) is 11.8 Å². The molecule has 0 spiro atoms. The zero-order chi connectivity index (χ0) is 33.6. The van der Waals surface area contributed by atoms with Crippen LogP contribution in [0.1, 0.15) is 66.9 Å². The molecule has 2 heterocycles. The van der Waals surface area contributed by atoms with Gasteiger partial charge in [-0.25, -0.2) is 9.97 Å². The summed E-state index contributed by atoms with van der Waals surface area (Å²) in [5, 5.41) is 12.2. The molecule has 1 aliphatic heterocycles. The summed E-state index contributed by atoms with van der Waals surface area (Å²) in [7, 11) is 0. The van der Waals surface area contributed by atoms with Gasteiger partial charge in [0.15, 0.2) is 5.82 Å². The first-order chi connectivity index (χ1) is 23.2. The molecule has 2 aliphatic rings. The fourth-order valence-corrected chi connectivity index (χ4v) is 5.88. The second-order valence-electron chi connectivity index (χ2n) is 13.3. The first-order valence-electron chi connectivity index (χ1n) is 16.8. The molecule has 2 fully saturated rings. The molecule has 3 aromatic carbocycles. The van der Waals surface area contributed by atoms with Crippen molar-refractivity contribution in [3.8, 4) is 28.3 Å². The minimum absolute atomic E-state index is 0.138. The monoisotopic (exact) mass is 646 g/mol. The van der Waals surface area contributed by atoms with Crippen LogP contribution in [0.3, 0.4) is 0 Å². The van der Waals surface area contributed by atoms with E-state index in [0.717, 1.165) is 40.8 Å². The second kappa shape index (κ2) is 14.8. The number of hydrogen-bond acceptors (Lipinski definition) is 6. The Bertz CT molecular complexity index is 1710. The van der Waals surface area contributed by atoms with E-state index in [1.54, 1.807) is 24.5 Å². The normalized spacial score (nSPS) is 15.1. The zero-order valence-corrected chi connectivity index (χ0v) is 27.5. The lowest BCUT2D eigenvalue weighted by Crippen LogP contribution is -2.59. The molecule has 1 saturated carbocycles. The fraction of sp³-hybridized carbons (Fsp3) is 0.359. The van der Waals surface area contributed by atoms with Crippen LogP contribution in [0.4, 0.5) is 0 Å². The van der Waals surface area contributed by atoms with Gasteiger partial charge in [0, 0.05) is 48.6 Å². The van der Waals surface area contributed by atoms with Crippen molar-refractivity contribution in [3.05, 3.63) is 102 Å². The Morgan fingerprint density at radius 2 is 1.52 bits per heavy atom. The number of benzene rings is 3. The number of carboxylic acids is 1. The molecule has 0 radical (unpaired) electrons. The van der Waals surface area contributed by atoms with Gasteiger partial charge >= 0.3 is 5.97 Å². The van der Waals surface area contributed by atoms with Crippen LogP contribution in [-0.2, 0) is 16.0 Å². The lowest BCUT2D eigenvalue weighted by atomic mass is 9.96. The Morgan fingerprint density at radius 1 is 0.875 bits per heavy atom. The van der Waals surface area contributed by atoms with E-state index in [1.807, 2.05) is 60.7 Å². The second-order valence-corrected chi connectivity index (χ2v) is 13.3. The van der Waals surface area contributed by atoms with E-state index in [1.165, 1.54) is 23.3 Å². The van der Waals surface area contributed by atoms with E-state index in [2.05, 4.69) is 29.1 Å². The summed E-state index contributed by atoms with van der Waals surface area (Å²) < 4.78 is 5.86. The highest BCUT2D eigenvalue weighted by Gasteiger charge is 2.39. The molecule has 0 unspecified atom stereocenters. The van der Waals surface area contributed by atoms with E-state index in [-0.39, 0.29) is 31.3 Å². The lowest BCUT2D eigenvalue weighted by molar-refractivity contribution is -0.153. The van der Waals surface area contributed by atoms with E-state index >= 15 is 0 Å². The van der Waals surface area contributed by atoms with Crippen molar-refractivity contribution in [1.29, 1.82) is 0 Å². The minimum atomic E-state index is -0.920. The van der Waals surface area contributed by atoms with Crippen LogP contribution >= 0.6 is 0 Å². The van der Waals surface area contributed by atoms with Crippen LogP contribution < -0.4 is 10.1 Å². The van der Waals surface area contributed by atoms with Gasteiger partial charge in [-0.15, -0.1) is 0 Å². The van der Waals surface area contributed by atoms with Crippen molar-refractivity contribution in [3.63, 3.8) is 0 Å². The summed E-state index contributed by atoms with van der Waals surface area (Å²) >= 11 is 0. The van der Waals surface area contributed by atoms with Crippen LogP contribution in [0, 0.1) is 11.8 Å². The average molecular weight is 647 g/mol. The number of hydrogen-bond donors (Lipinski definition) is 2. The van der Waals surface area contributed by atoms with Crippen LogP contribution in [0.2, 0.25) is 0 Å². The third-order valence-corrected chi connectivity index (χ3v) is 9.05. The highest BCUT2D eigenvalue weighted by atomic mass is 16.5. The van der Waals surface area contributed by atoms with Gasteiger partial charge in [-0.05, 0) is 78.5 Å². The van der Waals surface area contributed by atoms with Gasteiger partial charge < -0.3 is 20.1 Å². The molecule has 9 heteroatoms. The number of rotatable bonds is 14. The number of likely N-dealkylation sites (tertiary alicyclic amines) is 1. The number of carbonyl (C=O) groups excluding carboxylic acids is 2. The standard InChI is InChI=1S/C39H42N4O5/c1-25(2)4-3-19-48-34-17-15-29(16-18-34)32-21-40-36(41-22-32)30-7-5-26(6-8-30)20-35(38(45)43-23-33(24-43)39(46)47)42-37(44)31-13-11-28(12-14-31)27-9-10-27/h5-8,11-18,21-22,25,27,33,35H,3-4,9-10,19-20,23-24H2,1-2H3,(H,42,44)(H,46,47)/t35-/m0/s1. The van der Waals surface area contributed by atoms with Gasteiger partial charge in [-0.3, -0.25) is 14.4 Å². The zero-order valence-electron chi connectivity index (χ0n) is 27.5. The van der Waals surface area contributed by atoms with Crippen LogP contribution in [0.5, 0.6) is 5.75 Å². The quantitative estimate of drug-likeness (QED) is 0.152. The summed E-state index contributed by atoms with van der Waals surface area (Å²) in [6.07, 6.45) is 8.39. The Kier molecular flexibility index (Phi) is 10.1. The predicted octanol–water partition coefficient (Wildman–Crippen LogP) is 6.39.